The maximum absolute atomic E-state index is 12.8. The van der Waals surface area contributed by atoms with Gasteiger partial charge >= 0.3 is 0 Å². The molecule has 1 aromatic heterocycles. The van der Waals surface area contributed by atoms with E-state index in [1.807, 2.05) is 0 Å². The third kappa shape index (κ3) is 4.26. The fourth-order valence-electron chi connectivity index (χ4n) is 2.63. The molecule has 1 aliphatic heterocycles. The average Bonchev–Trinajstić information content (AvgIpc) is 3.22. The van der Waals surface area contributed by atoms with Crippen LogP contribution in [0.3, 0.4) is 0 Å². The van der Waals surface area contributed by atoms with Gasteiger partial charge in [-0.25, -0.2) is 0 Å². The molecule has 0 saturated carbocycles. The van der Waals surface area contributed by atoms with Gasteiger partial charge in [0.25, 0.3) is 5.91 Å². The molecule has 2 aromatic rings. The molecule has 0 unspecified atom stereocenters. The molecule has 0 aliphatic carbocycles. The van der Waals surface area contributed by atoms with Crippen molar-refractivity contribution in [1.82, 2.24) is 4.98 Å². The minimum Gasteiger partial charge on any atom is -0.505 e. The number of nitrogens with one attached hydrogen (secondary N) is 2. The van der Waals surface area contributed by atoms with Crippen molar-refractivity contribution in [2.75, 3.05) is 10.2 Å². The molecule has 3 N–H and O–H groups in total. The number of benzene rings is 1. The summed E-state index contributed by atoms with van der Waals surface area (Å²) in [5, 5.41) is 23.0. The van der Waals surface area contributed by atoms with E-state index < -0.39 is 17.1 Å². The third-order valence-electron chi connectivity index (χ3n) is 4.23. The predicted octanol–water partition coefficient (Wildman–Crippen LogP) is 5.20. The summed E-state index contributed by atoms with van der Waals surface area (Å²) < 4.78 is 0. The van der Waals surface area contributed by atoms with Crippen molar-refractivity contribution in [3.05, 3.63) is 63.1 Å². The molecule has 7 nitrogen and oxygen atoms in total. The first-order chi connectivity index (χ1) is 14.0. The minimum absolute atomic E-state index is 0.0152. The summed E-state index contributed by atoms with van der Waals surface area (Å²) in [5.41, 5.74) is 0.794. The fourth-order valence-corrected chi connectivity index (χ4v) is 3.63. The van der Waals surface area contributed by atoms with Gasteiger partial charge in [-0.05, 0) is 18.2 Å². The largest absolute Gasteiger partial charge is 0.505 e. The number of anilines is 2. The molecular weight excluding hydrogens is 447 g/mol. The van der Waals surface area contributed by atoms with Crippen LogP contribution in [0, 0.1) is 10.8 Å². The Labute approximate surface area is 187 Å². The van der Waals surface area contributed by atoms with E-state index in [0.29, 0.717) is 15.7 Å². The lowest BCUT2D eigenvalue weighted by Gasteiger charge is -2.23. The SMILES string of the molecule is CC(C)(C)C(=O)C=C1C(O)=C(C(=O)Nc2cncs2)C(=N)N1c1ccc(Cl)cc1Cl. The van der Waals surface area contributed by atoms with Crippen molar-refractivity contribution in [3.63, 3.8) is 0 Å². The molecule has 1 aromatic carbocycles. The Hall–Kier alpha value is -2.68. The molecular formula is C20H18Cl2N4O3S. The van der Waals surface area contributed by atoms with E-state index in [9.17, 15) is 14.7 Å². The maximum Gasteiger partial charge on any atom is 0.263 e. The lowest BCUT2D eigenvalue weighted by molar-refractivity contribution is -0.121. The number of halogens is 2. The van der Waals surface area contributed by atoms with Crippen LogP contribution in [-0.2, 0) is 9.59 Å². The number of hydrogen-bond acceptors (Lipinski definition) is 6. The van der Waals surface area contributed by atoms with Crippen molar-refractivity contribution in [2.45, 2.75) is 20.8 Å². The summed E-state index contributed by atoms with van der Waals surface area (Å²) in [6.45, 7) is 5.18. The zero-order chi connectivity index (χ0) is 22.2. The molecule has 30 heavy (non-hydrogen) atoms. The van der Waals surface area contributed by atoms with E-state index in [1.54, 1.807) is 32.9 Å². The normalized spacial score (nSPS) is 15.8. The highest BCUT2D eigenvalue weighted by Crippen LogP contribution is 2.39. The summed E-state index contributed by atoms with van der Waals surface area (Å²) >= 11 is 13.5. The summed E-state index contributed by atoms with van der Waals surface area (Å²) in [4.78, 5) is 30.6. The van der Waals surface area contributed by atoms with Crippen LogP contribution in [0.25, 0.3) is 0 Å². The molecule has 0 saturated heterocycles. The molecule has 0 spiro atoms. The van der Waals surface area contributed by atoms with E-state index in [4.69, 9.17) is 28.6 Å². The monoisotopic (exact) mass is 464 g/mol. The van der Waals surface area contributed by atoms with Crippen LogP contribution in [0.4, 0.5) is 10.7 Å². The van der Waals surface area contributed by atoms with Gasteiger partial charge < -0.3 is 10.4 Å². The molecule has 0 radical (unpaired) electrons. The average molecular weight is 465 g/mol. The summed E-state index contributed by atoms with van der Waals surface area (Å²) in [5.74, 6) is -1.82. The molecule has 1 amide bonds. The molecule has 156 valence electrons. The molecule has 1 aliphatic rings. The fraction of sp³-hybridized carbons (Fsp3) is 0.200. The Kier molecular flexibility index (Phi) is 6.03. The van der Waals surface area contributed by atoms with Gasteiger partial charge in [-0.2, -0.15) is 0 Å². The second kappa shape index (κ2) is 8.22. The van der Waals surface area contributed by atoms with Crippen molar-refractivity contribution >= 4 is 62.8 Å². The third-order valence-corrected chi connectivity index (χ3v) is 5.46. The zero-order valence-corrected chi connectivity index (χ0v) is 18.6. The van der Waals surface area contributed by atoms with Gasteiger partial charge in [0.05, 0.1) is 28.1 Å². The Morgan fingerprint density at radius 2 is 2.00 bits per heavy atom. The van der Waals surface area contributed by atoms with Gasteiger partial charge in [-0.3, -0.25) is 24.9 Å². The van der Waals surface area contributed by atoms with Crippen molar-refractivity contribution in [3.8, 4) is 0 Å². The summed E-state index contributed by atoms with van der Waals surface area (Å²) in [6, 6.07) is 4.58. The molecule has 0 bridgehead atoms. The van der Waals surface area contributed by atoms with Crippen LogP contribution in [0.5, 0.6) is 0 Å². The highest BCUT2D eigenvalue weighted by atomic mass is 35.5. The first-order valence-electron chi connectivity index (χ1n) is 8.74. The number of allylic oxidation sites excluding steroid dienone is 1. The van der Waals surface area contributed by atoms with Crippen molar-refractivity contribution in [2.24, 2.45) is 5.41 Å². The van der Waals surface area contributed by atoms with Gasteiger partial charge in [0.2, 0.25) is 0 Å². The Morgan fingerprint density at radius 3 is 2.57 bits per heavy atom. The van der Waals surface area contributed by atoms with Crippen LogP contribution in [0.2, 0.25) is 10.0 Å². The molecule has 10 heteroatoms. The van der Waals surface area contributed by atoms with Crippen LogP contribution in [-0.4, -0.2) is 27.6 Å². The number of hydrogen-bond donors (Lipinski definition) is 3. The lowest BCUT2D eigenvalue weighted by Crippen LogP contribution is -2.30. The van der Waals surface area contributed by atoms with E-state index >= 15 is 0 Å². The van der Waals surface area contributed by atoms with E-state index in [-0.39, 0.29) is 27.9 Å². The van der Waals surface area contributed by atoms with Gasteiger partial charge in [0.15, 0.2) is 11.5 Å². The second-order valence-corrected chi connectivity index (χ2v) is 9.20. The zero-order valence-electron chi connectivity index (χ0n) is 16.3. The van der Waals surface area contributed by atoms with E-state index in [0.717, 1.165) is 0 Å². The summed E-state index contributed by atoms with van der Waals surface area (Å²) in [7, 11) is 0. The number of rotatable bonds is 4. The smallest absolute Gasteiger partial charge is 0.263 e. The number of ketones is 1. The highest BCUT2D eigenvalue weighted by molar-refractivity contribution is 7.14. The number of aliphatic hydroxyl groups is 1. The Morgan fingerprint density at radius 1 is 1.30 bits per heavy atom. The quantitative estimate of drug-likeness (QED) is 0.539. The number of aromatic nitrogens is 1. The summed E-state index contributed by atoms with van der Waals surface area (Å²) in [6.07, 6.45) is 2.66. The highest BCUT2D eigenvalue weighted by Gasteiger charge is 2.39. The van der Waals surface area contributed by atoms with Gasteiger partial charge in [0, 0.05) is 16.5 Å². The molecule has 3 rings (SSSR count). The molecule has 2 heterocycles. The molecule has 0 fully saturated rings. The predicted molar refractivity (Wildman–Crippen MR) is 120 cm³/mol. The molecule has 0 atom stereocenters. The number of thiazole rings is 1. The van der Waals surface area contributed by atoms with E-state index in [2.05, 4.69) is 10.3 Å². The number of amidine groups is 1. The second-order valence-electron chi connectivity index (χ2n) is 7.47. The van der Waals surface area contributed by atoms with Crippen molar-refractivity contribution in [1.29, 1.82) is 5.41 Å². The number of nitrogens with zero attached hydrogens (tertiary/aromatic N) is 2. The Bertz CT molecular complexity index is 1100. The van der Waals surface area contributed by atoms with Gasteiger partial charge in [-0.1, -0.05) is 44.0 Å². The van der Waals surface area contributed by atoms with Crippen LogP contribution < -0.4 is 10.2 Å². The first kappa shape index (κ1) is 22.0. The number of carbonyl (C=O) groups excluding carboxylic acids is 2. The first-order valence-corrected chi connectivity index (χ1v) is 10.4. The lowest BCUT2D eigenvalue weighted by atomic mass is 9.90. The number of carbonyl (C=O) groups is 2. The topological polar surface area (TPSA) is 106 Å². The standard InChI is InChI=1S/C20H18Cl2N4O3S/c1-20(2,3)14(27)7-13-17(28)16(19(29)25-15-8-24-9-30-15)18(23)26(13)12-5-4-10(21)6-11(12)22/h4-9,23,28H,1-3H3,(H,25,29). The number of aliphatic hydroxyl groups excluding tert-OH is 1. The maximum atomic E-state index is 12.8. The van der Waals surface area contributed by atoms with Crippen LogP contribution >= 0.6 is 34.5 Å². The van der Waals surface area contributed by atoms with E-state index in [1.165, 1.54) is 40.1 Å². The van der Waals surface area contributed by atoms with Gasteiger partial charge in [0.1, 0.15) is 16.4 Å². The number of amides is 1. The minimum atomic E-state index is -0.738. The Balaban J connectivity index is 2.12. The van der Waals surface area contributed by atoms with Crippen molar-refractivity contribution < 1.29 is 14.7 Å². The van der Waals surface area contributed by atoms with Crippen LogP contribution in [0.1, 0.15) is 20.8 Å². The van der Waals surface area contributed by atoms with Gasteiger partial charge in [-0.15, -0.1) is 11.3 Å². The van der Waals surface area contributed by atoms with Crippen LogP contribution in [0.15, 0.2) is 53.0 Å².